The fourth-order valence-electron chi connectivity index (χ4n) is 7.28. The van der Waals surface area contributed by atoms with Crippen molar-refractivity contribution in [3.63, 3.8) is 0 Å². The Kier molecular flexibility index (Phi) is 13.5. The maximum Gasteiger partial charge on any atom is 0.409 e. The van der Waals surface area contributed by atoms with Crippen LogP contribution in [-0.4, -0.2) is 121 Å². The van der Waals surface area contributed by atoms with E-state index in [0.29, 0.717) is 46.7 Å². The molecule has 0 aromatic carbocycles. The van der Waals surface area contributed by atoms with Crippen molar-refractivity contribution in [2.45, 2.75) is 32.6 Å². The van der Waals surface area contributed by atoms with Gasteiger partial charge in [0.1, 0.15) is 29.5 Å². The molecule has 6 aromatic rings. The number of aromatic nitrogens is 8. The van der Waals surface area contributed by atoms with Crippen LogP contribution in [0.5, 0.6) is 0 Å². The highest BCUT2D eigenvalue weighted by Gasteiger charge is 2.25. The number of ether oxygens (including phenoxy) is 2. The van der Waals surface area contributed by atoms with Crippen molar-refractivity contribution in [3.05, 3.63) is 71.5 Å². The zero-order chi connectivity index (χ0) is 40.4. The van der Waals surface area contributed by atoms with Crippen molar-refractivity contribution in [2.24, 2.45) is 11.8 Å². The van der Waals surface area contributed by atoms with Crippen LogP contribution in [0.3, 0.4) is 0 Å². The van der Waals surface area contributed by atoms with Crippen LogP contribution in [-0.2, 0) is 14.3 Å². The second kappa shape index (κ2) is 19.2. The van der Waals surface area contributed by atoms with E-state index in [0.717, 1.165) is 103 Å². The van der Waals surface area contributed by atoms with Crippen molar-refractivity contribution in [1.29, 1.82) is 0 Å². The molecule has 18 heteroatoms. The summed E-state index contributed by atoms with van der Waals surface area (Å²) in [5, 5.41) is 9.68. The number of H-pyrrole nitrogens is 2. The molecule has 0 bridgehead atoms. The summed E-state index contributed by atoms with van der Waals surface area (Å²) in [5.74, 6) is 3.47. The number of aromatic amines is 2. The Morgan fingerprint density at radius 1 is 0.793 bits per heavy atom. The lowest BCUT2D eigenvalue weighted by atomic mass is 9.98. The SMILES string of the molecule is CCOC(=O)N1CCCC(CNc2ccnc(-c3c[nH]c4ncc(Cl)cc34)n2)C1.COCC(=O)N1CCCC(CNc2ccnc(-c3c[nH]c4ncc(Cl)cc34)n2)C1. The standard InChI is InChI=1S/2C20H23ClN6O2/c1-29-12-18(28)27-6-2-3-13(11-27)8-23-17-4-5-22-20(26-17)16-10-25-19-15(16)7-14(21)9-24-19;1-2-29-20(28)27-7-3-4-13(12-27)9-23-17-5-6-22-19(26-17)16-11-25-18-15(16)8-14(21)10-24-18/h4-5,7,9-10,13H,2-3,6,8,11-12H2,1H3,(H,24,25)(H,22,23,26);5-6,8,10-11,13H,2-4,7,9,12H2,1H3,(H,24,25)(H,22,23,26). The van der Waals surface area contributed by atoms with Gasteiger partial charge >= 0.3 is 6.09 Å². The van der Waals surface area contributed by atoms with Gasteiger partial charge in [-0.05, 0) is 68.7 Å². The Morgan fingerprint density at radius 2 is 1.31 bits per heavy atom. The Morgan fingerprint density at radius 3 is 1.83 bits per heavy atom. The first-order valence-corrected chi connectivity index (χ1v) is 20.1. The topological polar surface area (TPSA) is 192 Å². The zero-order valence-corrected chi connectivity index (χ0v) is 33.9. The molecular formula is C40H46Cl2N12O4. The Bertz CT molecular complexity index is 2180. The number of hydrogen-bond acceptors (Lipinski definition) is 12. The second-order valence-corrected chi connectivity index (χ2v) is 15.1. The van der Waals surface area contributed by atoms with E-state index in [1.807, 2.05) is 48.5 Å². The summed E-state index contributed by atoms with van der Waals surface area (Å²) in [6, 6.07) is 7.40. The number of carbonyl (C=O) groups excluding carboxylic acids is 2. The summed E-state index contributed by atoms with van der Waals surface area (Å²) >= 11 is 12.2. The number of pyridine rings is 2. The number of amides is 2. The molecule has 304 valence electrons. The fourth-order valence-corrected chi connectivity index (χ4v) is 7.60. The Hall–Kier alpha value is -5.58. The molecule has 58 heavy (non-hydrogen) atoms. The third-order valence-corrected chi connectivity index (χ3v) is 10.5. The molecule has 2 atom stereocenters. The number of methoxy groups -OCH3 is 1. The van der Waals surface area contributed by atoms with Crippen LogP contribution in [0.4, 0.5) is 16.4 Å². The van der Waals surface area contributed by atoms with Crippen LogP contribution >= 0.6 is 23.2 Å². The van der Waals surface area contributed by atoms with Crippen molar-refractivity contribution in [1.82, 2.24) is 49.7 Å². The molecule has 2 aliphatic heterocycles. The van der Waals surface area contributed by atoms with Crippen LogP contribution in [0, 0.1) is 11.8 Å². The van der Waals surface area contributed by atoms with Gasteiger partial charge in [0, 0.05) is 105 Å². The maximum absolute atomic E-state index is 12.1. The van der Waals surface area contributed by atoms with E-state index in [4.69, 9.17) is 32.7 Å². The molecule has 0 spiro atoms. The van der Waals surface area contributed by atoms with Crippen molar-refractivity contribution >= 4 is 68.9 Å². The van der Waals surface area contributed by atoms with E-state index >= 15 is 0 Å². The first-order valence-electron chi connectivity index (χ1n) is 19.4. The number of halogens is 2. The average Bonchev–Trinajstić information content (AvgIpc) is 3.87. The van der Waals surface area contributed by atoms with Crippen LogP contribution in [0.2, 0.25) is 10.0 Å². The van der Waals surface area contributed by atoms with E-state index in [1.165, 1.54) is 0 Å². The minimum Gasteiger partial charge on any atom is -0.450 e. The van der Waals surface area contributed by atoms with Gasteiger partial charge in [0.15, 0.2) is 11.6 Å². The molecule has 0 aliphatic carbocycles. The number of hydrogen-bond donors (Lipinski definition) is 4. The van der Waals surface area contributed by atoms with Gasteiger partial charge in [-0.1, -0.05) is 23.2 Å². The third-order valence-electron chi connectivity index (χ3n) is 10.1. The monoisotopic (exact) mass is 828 g/mol. The second-order valence-electron chi connectivity index (χ2n) is 14.2. The lowest BCUT2D eigenvalue weighted by Gasteiger charge is -2.32. The Balaban J connectivity index is 0.000000177. The van der Waals surface area contributed by atoms with Gasteiger partial charge in [0.05, 0.1) is 16.7 Å². The fraction of sp³-hybridized carbons (Fsp3) is 0.400. The van der Waals surface area contributed by atoms with Gasteiger partial charge in [-0.15, -0.1) is 0 Å². The molecule has 2 aliphatic rings. The lowest BCUT2D eigenvalue weighted by molar-refractivity contribution is -0.136. The normalized spacial score (nSPS) is 16.8. The molecular weight excluding hydrogens is 783 g/mol. The molecule has 16 nitrogen and oxygen atoms in total. The van der Waals surface area contributed by atoms with Crippen molar-refractivity contribution in [2.75, 3.05) is 70.2 Å². The minimum atomic E-state index is -0.229. The molecule has 2 fully saturated rings. The van der Waals surface area contributed by atoms with Crippen molar-refractivity contribution in [3.8, 4) is 22.8 Å². The summed E-state index contributed by atoms with van der Waals surface area (Å²) in [6.07, 6.45) is 14.2. The molecule has 2 amide bonds. The highest BCUT2D eigenvalue weighted by molar-refractivity contribution is 6.31. The van der Waals surface area contributed by atoms with Crippen molar-refractivity contribution < 1.29 is 19.1 Å². The summed E-state index contributed by atoms with van der Waals surface area (Å²) in [5.41, 5.74) is 3.19. The number of rotatable bonds is 11. The predicted molar refractivity (Wildman–Crippen MR) is 224 cm³/mol. The number of nitrogens with one attached hydrogen (secondary N) is 4. The van der Waals surface area contributed by atoms with E-state index in [9.17, 15) is 9.59 Å². The smallest absolute Gasteiger partial charge is 0.409 e. The maximum atomic E-state index is 12.1. The number of likely N-dealkylation sites (tertiary alicyclic amines) is 2. The van der Waals surface area contributed by atoms with Gasteiger partial charge < -0.3 is 39.9 Å². The number of piperidine rings is 2. The van der Waals surface area contributed by atoms with Gasteiger partial charge in [-0.2, -0.15) is 0 Å². The highest BCUT2D eigenvalue weighted by Crippen LogP contribution is 2.29. The largest absolute Gasteiger partial charge is 0.450 e. The zero-order valence-electron chi connectivity index (χ0n) is 32.4. The summed E-state index contributed by atoms with van der Waals surface area (Å²) < 4.78 is 10.1. The molecule has 8 rings (SSSR count). The van der Waals surface area contributed by atoms with Crippen LogP contribution in [0.1, 0.15) is 32.6 Å². The number of nitrogens with zero attached hydrogens (tertiary/aromatic N) is 8. The van der Waals surface area contributed by atoms with E-state index < -0.39 is 0 Å². The van der Waals surface area contributed by atoms with Gasteiger partial charge in [0.2, 0.25) is 5.91 Å². The summed E-state index contributed by atoms with van der Waals surface area (Å²) in [7, 11) is 1.55. The highest BCUT2D eigenvalue weighted by atomic mass is 35.5. The minimum absolute atomic E-state index is 0.0492. The molecule has 0 saturated carbocycles. The molecule has 4 N–H and O–H groups in total. The predicted octanol–water partition coefficient (Wildman–Crippen LogP) is 6.92. The van der Waals surface area contributed by atoms with E-state index in [1.54, 1.807) is 36.8 Å². The van der Waals surface area contributed by atoms with Gasteiger partial charge in [0.25, 0.3) is 0 Å². The van der Waals surface area contributed by atoms with Crippen LogP contribution < -0.4 is 10.6 Å². The first kappa shape index (κ1) is 40.6. The third kappa shape index (κ3) is 10.1. The molecule has 8 heterocycles. The van der Waals surface area contributed by atoms with Crippen LogP contribution in [0.25, 0.3) is 44.8 Å². The van der Waals surface area contributed by atoms with Gasteiger partial charge in [-0.25, -0.2) is 34.7 Å². The lowest BCUT2D eigenvalue weighted by Crippen LogP contribution is -2.43. The van der Waals surface area contributed by atoms with Gasteiger partial charge in [-0.3, -0.25) is 4.79 Å². The number of carbonyl (C=O) groups is 2. The van der Waals surface area contributed by atoms with E-state index in [2.05, 4.69) is 50.5 Å². The average molecular weight is 830 g/mol. The molecule has 0 radical (unpaired) electrons. The first-order chi connectivity index (χ1) is 28.3. The van der Waals surface area contributed by atoms with Crippen LogP contribution in [0.15, 0.2) is 61.4 Å². The number of anilines is 2. The summed E-state index contributed by atoms with van der Waals surface area (Å²) in [6.45, 7) is 6.82. The molecule has 2 unspecified atom stereocenters. The van der Waals surface area contributed by atoms with E-state index in [-0.39, 0.29) is 18.6 Å². The molecule has 6 aromatic heterocycles. The quantitative estimate of drug-likeness (QED) is 0.106. The molecule has 2 saturated heterocycles. The Labute approximate surface area is 345 Å². The summed E-state index contributed by atoms with van der Waals surface area (Å²) in [4.78, 5) is 60.6. The number of fused-ring (bicyclic) bond motifs is 2.